The van der Waals surface area contributed by atoms with Gasteiger partial charge in [0.2, 0.25) is 0 Å². The number of anilines is 1. The lowest BCUT2D eigenvalue weighted by atomic mass is 10.1. The Morgan fingerprint density at radius 3 is 2.80 bits per heavy atom. The normalized spacial score (nSPS) is 19.1. The van der Waals surface area contributed by atoms with Crippen LogP contribution in [0.3, 0.4) is 0 Å². The number of aryl methyl sites for hydroxylation is 1. The summed E-state index contributed by atoms with van der Waals surface area (Å²) in [7, 11) is 0. The second kappa shape index (κ2) is 7.07. The Labute approximate surface area is 123 Å². The lowest BCUT2D eigenvalue weighted by Gasteiger charge is -2.19. The van der Waals surface area contributed by atoms with Gasteiger partial charge in [-0.25, -0.2) is 4.98 Å². The third-order valence-corrected chi connectivity index (χ3v) is 4.24. The number of rotatable bonds is 6. The molecule has 1 aromatic heterocycles. The van der Waals surface area contributed by atoms with Crippen molar-refractivity contribution in [3.63, 3.8) is 0 Å². The Hall–Kier alpha value is -1.09. The Balaban J connectivity index is 1.95. The molecule has 3 heteroatoms. The van der Waals surface area contributed by atoms with Gasteiger partial charge in [-0.15, -0.1) is 0 Å². The fourth-order valence-electron chi connectivity index (χ4n) is 2.81. The summed E-state index contributed by atoms with van der Waals surface area (Å²) >= 11 is 0. The third kappa shape index (κ3) is 3.95. The predicted molar refractivity (Wildman–Crippen MR) is 86.1 cm³/mol. The van der Waals surface area contributed by atoms with E-state index in [1.165, 1.54) is 30.6 Å². The molecule has 0 spiro atoms. The molecule has 1 N–H and O–H groups in total. The summed E-state index contributed by atoms with van der Waals surface area (Å²) in [6, 6.07) is 4.43. The van der Waals surface area contributed by atoms with E-state index in [1.54, 1.807) is 0 Å². The molecule has 2 rings (SSSR count). The van der Waals surface area contributed by atoms with Gasteiger partial charge in [0.25, 0.3) is 0 Å². The summed E-state index contributed by atoms with van der Waals surface area (Å²) in [6.07, 6.45) is 2.60. The van der Waals surface area contributed by atoms with Crippen molar-refractivity contribution in [2.75, 3.05) is 24.5 Å². The number of nitrogens with zero attached hydrogens (tertiary/aromatic N) is 2. The highest BCUT2D eigenvalue weighted by Crippen LogP contribution is 2.24. The van der Waals surface area contributed by atoms with Crippen LogP contribution in [0.1, 0.15) is 44.9 Å². The smallest absolute Gasteiger partial charge is 0.128 e. The van der Waals surface area contributed by atoms with E-state index in [2.05, 4.69) is 50.0 Å². The molecule has 1 saturated heterocycles. The highest BCUT2D eigenvalue weighted by molar-refractivity contribution is 5.42. The van der Waals surface area contributed by atoms with Gasteiger partial charge < -0.3 is 10.2 Å². The lowest BCUT2D eigenvalue weighted by Crippen LogP contribution is -2.22. The van der Waals surface area contributed by atoms with E-state index in [1.807, 2.05) is 0 Å². The molecule has 0 bridgehead atoms. The van der Waals surface area contributed by atoms with Crippen molar-refractivity contribution >= 4 is 5.82 Å². The van der Waals surface area contributed by atoms with Crippen LogP contribution >= 0.6 is 0 Å². The van der Waals surface area contributed by atoms with Crippen LogP contribution in [-0.2, 0) is 6.54 Å². The zero-order valence-corrected chi connectivity index (χ0v) is 13.4. The first-order chi connectivity index (χ1) is 9.60. The van der Waals surface area contributed by atoms with Crippen LogP contribution in [0.25, 0.3) is 0 Å². The largest absolute Gasteiger partial charge is 0.356 e. The molecule has 0 saturated carbocycles. The van der Waals surface area contributed by atoms with Crippen LogP contribution in [0.5, 0.6) is 0 Å². The second-order valence-electron chi connectivity index (χ2n) is 6.45. The minimum Gasteiger partial charge on any atom is -0.356 e. The molecular formula is C17H29N3. The zero-order valence-electron chi connectivity index (χ0n) is 13.4. The van der Waals surface area contributed by atoms with Gasteiger partial charge in [-0.1, -0.05) is 33.3 Å². The summed E-state index contributed by atoms with van der Waals surface area (Å²) in [4.78, 5) is 7.24. The Bertz CT molecular complexity index is 428. The van der Waals surface area contributed by atoms with Gasteiger partial charge in [0, 0.05) is 25.3 Å². The standard InChI is InChI=1S/C17H29N3/c1-5-15-8-9-20(12-15)17-7-6-16(14(4)19-17)11-18-10-13(2)3/h6-7,13,15,18H,5,8-12H2,1-4H3. The van der Waals surface area contributed by atoms with E-state index in [-0.39, 0.29) is 0 Å². The molecule has 1 atom stereocenters. The van der Waals surface area contributed by atoms with Crippen LogP contribution in [0.4, 0.5) is 5.82 Å². The monoisotopic (exact) mass is 275 g/mol. The molecular weight excluding hydrogens is 246 g/mol. The van der Waals surface area contributed by atoms with Crippen LogP contribution in [0, 0.1) is 18.8 Å². The first-order valence-electron chi connectivity index (χ1n) is 8.02. The molecule has 1 aromatic rings. The van der Waals surface area contributed by atoms with Gasteiger partial charge in [0.1, 0.15) is 5.82 Å². The van der Waals surface area contributed by atoms with Crippen LogP contribution in [0.15, 0.2) is 12.1 Å². The van der Waals surface area contributed by atoms with Crippen molar-refractivity contribution in [3.8, 4) is 0 Å². The third-order valence-electron chi connectivity index (χ3n) is 4.24. The van der Waals surface area contributed by atoms with Gasteiger partial charge in [0.05, 0.1) is 0 Å². The van der Waals surface area contributed by atoms with E-state index < -0.39 is 0 Å². The van der Waals surface area contributed by atoms with E-state index in [9.17, 15) is 0 Å². The van der Waals surface area contributed by atoms with Gasteiger partial charge in [-0.2, -0.15) is 0 Å². The molecule has 1 aliphatic rings. The van der Waals surface area contributed by atoms with Crippen molar-refractivity contribution in [1.29, 1.82) is 0 Å². The molecule has 0 aliphatic carbocycles. The highest BCUT2D eigenvalue weighted by atomic mass is 15.2. The molecule has 1 fully saturated rings. The number of aromatic nitrogens is 1. The lowest BCUT2D eigenvalue weighted by molar-refractivity contribution is 0.551. The van der Waals surface area contributed by atoms with Gasteiger partial charge in [0.15, 0.2) is 0 Å². The molecule has 20 heavy (non-hydrogen) atoms. The summed E-state index contributed by atoms with van der Waals surface area (Å²) in [5.41, 5.74) is 2.49. The maximum Gasteiger partial charge on any atom is 0.128 e. The SMILES string of the molecule is CCC1CCN(c2ccc(CNCC(C)C)c(C)n2)C1. The number of nitrogens with one attached hydrogen (secondary N) is 1. The second-order valence-corrected chi connectivity index (χ2v) is 6.45. The van der Waals surface area contributed by atoms with Gasteiger partial charge in [-0.3, -0.25) is 0 Å². The van der Waals surface area contributed by atoms with E-state index in [4.69, 9.17) is 4.98 Å². The Kier molecular flexibility index (Phi) is 5.41. The highest BCUT2D eigenvalue weighted by Gasteiger charge is 2.22. The van der Waals surface area contributed by atoms with Crippen molar-refractivity contribution in [3.05, 3.63) is 23.4 Å². The van der Waals surface area contributed by atoms with Crippen molar-refractivity contribution in [2.45, 2.75) is 47.1 Å². The van der Waals surface area contributed by atoms with Crippen LogP contribution in [-0.4, -0.2) is 24.6 Å². The predicted octanol–water partition coefficient (Wildman–Crippen LogP) is 3.37. The van der Waals surface area contributed by atoms with Crippen LogP contribution in [0.2, 0.25) is 0 Å². The molecule has 0 aromatic carbocycles. The number of hydrogen-bond donors (Lipinski definition) is 1. The quantitative estimate of drug-likeness (QED) is 0.862. The summed E-state index contributed by atoms with van der Waals surface area (Å²) in [6.45, 7) is 13.2. The molecule has 1 aliphatic heterocycles. The fourth-order valence-corrected chi connectivity index (χ4v) is 2.81. The summed E-state index contributed by atoms with van der Waals surface area (Å²) in [5.74, 6) is 2.70. The number of hydrogen-bond acceptors (Lipinski definition) is 3. The number of pyridine rings is 1. The molecule has 112 valence electrons. The topological polar surface area (TPSA) is 28.2 Å². The van der Waals surface area contributed by atoms with E-state index in [0.717, 1.165) is 31.4 Å². The molecule has 0 radical (unpaired) electrons. The average molecular weight is 275 g/mol. The Morgan fingerprint density at radius 2 is 2.20 bits per heavy atom. The molecule has 0 amide bonds. The minimum absolute atomic E-state index is 0.693. The molecule has 3 nitrogen and oxygen atoms in total. The van der Waals surface area contributed by atoms with E-state index in [0.29, 0.717) is 5.92 Å². The fraction of sp³-hybridized carbons (Fsp3) is 0.706. The maximum atomic E-state index is 4.81. The molecule has 2 heterocycles. The first kappa shape index (κ1) is 15.3. The summed E-state index contributed by atoms with van der Waals surface area (Å²) in [5, 5.41) is 3.49. The zero-order chi connectivity index (χ0) is 14.5. The maximum absolute atomic E-state index is 4.81. The average Bonchev–Trinajstić information content (AvgIpc) is 2.89. The van der Waals surface area contributed by atoms with Gasteiger partial charge in [-0.05, 0) is 43.4 Å². The Morgan fingerprint density at radius 1 is 1.40 bits per heavy atom. The first-order valence-corrected chi connectivity index (χ1v) is 8.02. The summed E-state index contributed by atoms with van der Waals surface area (Å²) < 4.78 is 0. The van der Waals surface area contributed by atoms with Crippen molar-refractivity contribution < 1.29 is 0 Å². The van der Waals surface area contributed by atoms with Crippen molar-refractivity contribution in [2.24, 2.45) is 11.8 Å². The van der Waals surface area contributed by atoms with Gasteiger partial charge >= 0.3 is 0 Å². The van der Waals surface area contributed by atoms with E-state index >= 15 is 0 Å². The minimum atomic E-state index is 0.693. The molecule has 1 unspecified atom stereocenters. The van der Waals surface area contributed by atoms with Crippen LogP contribution < -0.4 is 10.2 Å². The van der Waals surface area contributed by atoms with Crippen molar-refractivity contribution in [1.82, 2.24) is 10.3 Å².